The van der Waals surface area contributed by atoms with Crippen LogP contribution in [0.15, 0.2) is 0 Å². The Bertz CT molecular complexity index is 289. The van der Waals surface area contributed by atoms with Crippen LogP contribution in [0.3, 0.4) is 0 Å². The molecule has 1 rings (SSSR count). The zero-order valence-electron chi connectivity index (χ0n) is 7.49. The van der Waals surface area contributed by atoms with Gasteiger partial charge in [0.15, 0.2) is 3.79 Å². The van der Waals surface area contributed by atoms with Crippen LogP contribution in [0.5, 0.6) is 0 Å². The molecule has 0 saturated heterocycles. The molecule has 0 aromatic heterocycles. The van der Waals surface area contributed by atoms with E-state index in [9.17, 15) is 13.2 Å². The molecular weight excluding hydrogens is 303 g/mol. The number of hydrogen-bond donors (Lipinski definition) is 0. The summed E-state index contributed by atoms with van der Waals surface area (Å²) in [5, 5.41) is -0.209. The summed E-state index contributed by atoms with van der Waals surface area (Å²) in [6.45, 7) is 0. The van der Waals surface area contributed by atoms with Gasteiger partial charge >= 0.3 is 0 Å². The Labute approximate surface area is 92.3 Å². The third kappa shape index (κ3) is 3.19. The van der Waals surface area contributed by atoms with Crippen LogP contribution in [0.2, 0.25) is 0 Å². The summed E-state index contributed by atoms with van der Waals surface area (Å²) in [5.74, 6) is 0.0959. The van der Waals surface area contributed by atoms with Crippen molar-refractivity contribution in [3.8, 4) is 0 Å². The molecular formula is C8H13IO3S. The van der Waals surface area contributed by atoms with Gasteiger partial charge in [-0.2, -0.15) is 0 Å². The molecule has 1 aliphatic carbocycles. The molecule has 0 aromatic rings. The maximum atomic E-state index is 11.2. The fourth-order valence-corrected chi connectivity index (χ4v) is 3.47. The van der Waals surface area contributed by atoms with E-state index in [1.165, 1.54) is 6.26 Å². The average Bonchev–Trinajstić information content (AvgIpc) is 2.03. The highest BCUT2D eigenvalue weighted by Gasteiger charge is 2.29. The smallest absolute Gasteiger partial charge is 0.195 e. The molecule has 1 fully saturated rings. The van der Waals surface area contributed by atoms with Gasteiger partial charge in [-0.25, -0.2) is 8.42 Å². The van der Waals surface area contributed by atoms with Crippen LogP contribution in [-0.2, 0) is 14.6 Å². The minimum absolute atomic E-state index is 0.0959. The van der Waals surface area contributed by atoms with E-state index in [0.717, 1.165) is 12.8 Å². The van der Waals surface area contributed by atoms with Crippen molar-refractivity contribution in [2.24, 2.45) is 5.92 Å². The number of hydrogen-bond acceptors (Lipinski definition) is 3. The molecule has 5 heteroatoms. The molecule has 13 heavy (non-hydrogen) atoms. The maximum Gasteiger partial charge on any atom is 0.195 e. The van der Waals surface area contributed by atoms with Gasteiger partial charge in [0.1, 0.15) is 9.84 Å². The lowest BCUT2D eigenvalue weighted by Gasteiger charge is -2.24. The van der Waals surface area contributed by atoms with Gasteiger partial charge in [-0.05, 0) is 48.3 Å². The Balaban J connectivity index is 2.53. The van der Waals surface area contributed by atoms with Gasteiger partial charge in [-0.1, -0.05) is 0 Å². The van der Waals surface area contributed by atoms with Crippen LogP contribution >= 0.6 is 22.6 Å². The van der Waals surface area contributed by atoms with Crippen molar-refractivity contribution < 1.29 is 13.2 Å². The lowest BCUT2D eigenvalue weighted by Crippen LogP contribution is -2.27. The SMILES string of the molecule is CS(=O)(=O)[C@H]1CC[C@H](C(=O)I)CC1. The van der Waals surface area contributed by atoms with Crippen molar-refractivity contribution in [3.63, 3.8) is 0 Å². The second-order valence-corrected chi connectivity index (χ2v) is 7.00. The van der Waals surface area contributed by atoms with E-state index in [1.54, 1.807) is 22.6 Å². The molecule has 0 aliphatic heterocycles. The Morgan fingerprint density at radius 3 is 2.00 bits per heavy atom. The Hall–Kier alpha value is 0.350. The third-order valence-corrected chi connectivity index (χ3v) is 5.16. The van der Waals surface area contributed by atoms with Gasteiger partial charge in [0, 0.05) is 12.2 Å². The van der Waals surface area contributed by atoms with Crippen LogP contribution in [0.1, 0.15) is 25.7 Å². The van der Waals surface area contributed by atoms with E-state index in [2.05, 4.69) is 0 Å². The standard InChI is InChI=1S/C8H13IO3S/c1-13(11,12)7-4-2-6(3-5-7)8(9)10/h6-7H,2-5H2,1H3/t6-,7-. The fraction of sp³-hybridized carbons (Fsp3) is 0.875. The van der Waals surface area contributed by atoms with Crippen molar-refractivity contribution in [1.82, 2.24) is 0 Å². The molecule has 3 nitrogen and oxygen atoms in total. The normalized spacial score (nSPS) is 30.0. The second-order valence-electron chi connectivity index (χ2n) is 3.61. The van der Waals surface area contributed by atoms with Crippen LogP contribution < -0.4 is 0 Å². The van der Waals surface area contributed by atoms with Gasteiger partial charge in [-0.15, -0.1) is 0 Å². The first-order valence-electron chi connectivity index (χ1n) is 4.29. The van der Waals surface area contributed by atoms with Gasteiger partial charge in [0.05, 0.1) is 5.25 Å². The zero-order valence-corrected chi connectivity index (χ0v) is 10.5. The molecule has 0 unspecified atom stereocenters. The van der Waals surface area contributed by atoms with Gasteiger partial charge < -0.3 is 0 Å². The van der Waals surface area contributed by atoms with E-state index in [-0.39, 0.29) is 15.0 Å². The molecule has 0 spiro atoms. The molecule has 0 N–H and O–H groups in total. The number of halogens is 1. The van der Waals surface area contributed by atoms with Crippen LogP contribution in [-0.4, -0.2) is 23.7 Å². The first-order valence-corrected chi connectivity index (χ1v) is 7.33. The highest BCUT2D eigenvalue weighted by molar-refractivity contribution is 14.1. The molecule has 0 radical (unpaired) electrons. The summed E-state index contributed by atoms with van der Waals surface area (Å²) in [5.41, 5.74) is 0. The molecule has 0 atom stereocenters. The predicted octanol–water partition coefficient (Wildman–Crippen LogP) is 1.55. The number of carbonyl (C=O) groups is 1. The fourth-order valence-electron chi connectivity index (χ4n) is 1.72. The number of carbonyl (C=O) groups excluding carboxylic acids is 1. The maximum absolute atomic E-state index is 11.2. The molecule has 76 valence electrons. The van der Waals surface area contributed by atoms with E-state index >= 15 is 0 Å². The minimum Gasteiger partial charge on any atom is -0.287 e. The quantitative estimate of drug-likeness (QED) is 0.574. The Morgan fingerprint density at radius 2 is 1.69 bits per heavy atom. The minimum atomic E-state index is -2.89. The number of sulfone groups is 1. The third-order valence-electron chi connectivity index (χ3n) is 2.60. The zero-order chi connectivity index (χ0) is 10.1. The van der Waals surface area contributed by atoms with Gasteiger partial charge in [0.25, 0.3) is 0 Å². The molecule has 0 amide bonds. The summed E-state index contributed by atoms with van der Waals surface area (Å²) in [7, 11) is -2.89. The van der Waals surface area contributed by atoms with Crippen molar-refractivity contribution in [1.29, 1.82) is 0 Å². The Kier molecular flexibility index (Phi) is 3.73. The molecule has 0 aromatic carbocycles. The predicted molar refractivity (Wildman–Crippen MR) is 59.6 cm³/mol. The molecule has 1 saturated carbocycles. The summed E-state index contributed by atoms with van der Waals surface area (Å²) in [6.07, 6.45) is 4.05. The van der Waals surface area contributed by atoms with E-state index in [0.29, 0.717) is 12.8 Å². The molecule has 0 heterocycles. The van der Waals surface area contributed by atoms with E-state index in [4.69, 9.17) is 0 Å². The second kappa shape index (κ2) is 4.25. The highest BCUT2D eigenvalue weighted by Crippen LogP contribution is 2.29. The number of rotatable bonds is 2. The highest BCUT2D eigenvalue weighted by atomic mass is 127. The van der Waals surface area contributed by atoms with Crippen LogP contribution in [0, 0.1) is 5.92 Å². The topological polar surface area (TPSA) is 51.2 Å². The van der Waals surface area contributed by atoms with Crippen molar-refractivity contribution >= 4 is 36.2 Å². The first kappa shape index (κ1) is 11.4. The van der Waals surface area contributed by atoms with Crippen LogP contribution in [0.4, 0.5) is 0 Å². The summed E-state index contributed by atoms with van der Waals surface area (Å²) >= 11 is 1.80. The summed E-state index contributed by atoms with van der Waals surface area (Å²) < 4.78 is 22.5. The summed E-state index contributed by atoms with van der Waals surface area (Å²) in [6, 6.07) is 0. The van der Waals surface area contributed by atoms with E-state index < -0.39 is 9.84 Å². The van der Waals surface area contributed by atoms with Crippen molar-refractivity contribution in [3.05, 3.63) is 0 Å². The van der Waals surface area contributed by atoms with Crippen molar-refractivity contribution in [2.75, 3.05) is 6.26 Å². The molecule has 1 aliphatic rings. The lowest BCUT2D eigenvalue weighted by atomic mass is 9.90. The molecule has 0 bridgehead atoms. The van der Waals surface area contributed by atoms with Crippen LogP contribution in [0.25, 0.3) is 0 Å². The van der Waals surface area contributed by atoms with Crippen molar-refractivity contribution in [2.45, 2.75) is 30.9 Å². The largest absolute Gasteiger partial charge is 0.287 e. The first-order chi connectivity index (χ1) is 5.91. The Morgan fingerprint density at radius 1 is 1.23 bits per heavy atom. The average molecular weight is 316 g/mol. The summed E-state index contributed by atoms with van der Waals surface area (Å²) in [4.78, 5) is 11.0. The van der Waals surface area contributed by atoms with Gasteiger partial charge in [0.2, 0.25) is 0 Å². The monoisotopic (exact) mass is 316 g/mol. The lowest BCUT2D eigenvalue weighted by molar-refractivity contribution is -0.113. The van der Waals surface area contributed by atoms with E-state index in [1.807, 2.05) is 0 Å². The van der Waals surface area contributed by atoms with Gasteiger partial charge in [-0.3, -0.25) is 4.79 Å².